The van der Waals surface area contributed by atoms with E-state index in [4.69, 9.17) is 16.3 Å². The van der Waals surface area contributed by atoms with Crippen LogP contribution in [0.4, 0.5) is 0 Å². The predicted octanol–water partition coefficient (Wildman–Crippen LogP) is 5.31. The molecule has 1 atom stereocenters. The second-order valence-electron chi connectivity index (χ2n) is 7.56. The predicted molar refractivity (Wildman–Crippen MR) is 133 cm³/mol. The highest BCUT2D eigenvalue weighted by Gasteiger charge is 2.28. The number of rotatable bonds is 13. The van der Waals surface area contributed by atoms with E-state index in [0.29, 0.717) is 36.0 Å². The molecule has 7 heteroatoms. The molecule has 174 valence electrons. The summed E-state index contributed by atoms with van der Waals surface area (Å²) >= 11 is 7.49. The van der Waals surface area contributed by atoms with Gasteiger partial charge in [0.25, 0.3) is 0 Å². The number of carbonyl (C=O) groups excluding carboxylic acids is 2. The molecule has 32 heavy (non-hydrogen) atoms. The minimum absolute atomic E-state index is 0.0516. The van der Waals surface area contributed by atoms with E-state index in [-0.39, 0.29) is 11.8 Å². The monoisotopic (exact) mass is 476 g/mol. The number of thioether (sulfide) groups is 1. The van der Waals surface area contributed by atoms with Crippen LogP contribution in [0.5, 0.6) is 5.75 Å². The molecule has 1 N–H and O–H groups in total. The Hall–Kier alpha value is -2.18. The van der Waals surface area contributed by atoms with Gasteiger partial charge in [-0.2, -0.15) is 0 Å². The molecule has 2 aromatic carbocycles. The van der Waals surface area contributed by atoms with Gasteiger partial charge in [0.15, 0.2) is 0 Å². The maximum Gasteiger partial charge on any atom is 0.242 e. The number of halogens is 1. The van der Waals surface area contributed by atoms with Crippen molar-refractivity contribution in [2.75, 3.05) is 19.4 Å². The molecule has 0 aliphatic carbocycles. The number of nitrogens with one attached hydrogen (secondary N) is 1. The molecule has 2 amide bonds. The lowest BCUT2D eigenvalue weighted by Crippen LogP contribution is -2.49. The summed E-state index contributed by atoms with van der Waals surface area (Å²) in [6.45, 7) is 5.01. The van der Waals surface area contributed by atoms with E-state index in [0.717, 1.165) is 29.7 Å². The van der Waals surface area contributed by atoms with Crippen LogP contribution in [0, 0.1) is 0 Å². The summed E-state index contributed by atoms with van der Waals surface area (Å²) in [5.41, 5.74) is 2.04. The van der Waals surface area contributed by atoms with E-state index < -0.39 is 6.04 Å². The largest absolute Gasteiger partial charge is 0.497 e. The topological polar surface area (TPSA) is 58.6 Å². The van der Waals surface area contributed by atoms with Gasteiger partial charge in [-0.1, -0.05) is 56.1 Å². The molecule has 2 aromatic rings. The minimum atomic E-state index is -0.512. The third kappa shape index (κ3) is 8.40. The van der Waals surface area contributed by atoms with E-state index in [2.05, 4.69) is 12.2 Å². The summed E-state index contributed by atoms with van der Waals surface area (Å²) < 4.78 is 5.32. The quantitative estimate of drug-likeness (QED) is 0.398. The first-order valence-electron chi connectivity index (χ1n) is 11.0. The van der Waals surface area contributed by atoms with Crippen LogP contribution in [0.15, 0.2) is 48.5 Å². The lowest BCUT2D eigenvalue weighted by atomic mass is 10.1. The normalized spacial score (nSPS) is 11.6. The lowest BCUT2D eigenvalue weighted by molar-refractivity contribution is -0.139. The fourth-order valence-electron chi connectivity index (χ4n) is 3.31. The fourth-order valence-corrected chi connectivity index (χ4v) is 4.31. The van der Waals surface area contributed by atoms with Gasteiger partial charge < -0.3 is 15.0 Å². The molecular formula is C25H33ClN2O3S. The number of ether oxygens (including phenoxy) is 1. The third-order valence-electron chi connectivity index (χ3n) is 5.11. The van der Waals surface area contributed by atoms with Gasteiger partial charge in [0, 0.05) is 23.9 Å². The third-order valence-corrected chi connectivity index (χ3v) is 6.35. The van der Waals surface area contributed by atoms with Crippen LogP contribution in [0.3, 0.4) is 0 Å². The number of nitrogens with zero attached hydrogens (tertiary/aromatic N) is 1. The zero-order valence-electron chi connectivity index (χ0n) is 19.1. The van der Waals surface area contributed by atoms with Crippen molar-refractivity contribution in [2.45, 2.75) is 51.4 Å². The Morgan fingerprint density at radius 3 is 2.53 bits per heavy atom. The van der Waals surface area contributed by atoms with Crippen molar-refractivity contribution in [3.05, 3.63) is 64.7 Å². The maximum absolute atomic E-state index is 13.3. The number of benzene rings is 2. The van der Waals surface area contributed by atoms with Crippen molar-refractivity contribution < 1.29 is 14.3 Å². The first-order valence-corrected chi connectivity index (χ1v) is 12.5. The standard InChI is InChI=1S/C25H33ClN2O3S/c1-4-6-14-27-25(30)23(5-2)28(16-20-8-7-9-22(15-20)31-3)24(29)18-32-17-19-10-12-21(26)13-11-19/h7-13,15,23H,4-6,14,16-18H2,1-3H3,(H,27,30). The molecular weight excluding hydrogens is 444 g/mol. The highest BCUT2D eigenvalue weighted by Crippen LogP contribution is 2.20. The van der Waals surface area contributed by atoms with Crippen molar-refractivity contribution in [2.24, 2.45) is 0 Å². The molecule has 0 spiro atoms. The number of amides is 2. The highest BCUT2D eigenvalue weighted by molar-refractivity contribution is 7.99. The average molecular weight is 477 g/mol. The first kappa shape index (κ1) is 26.1. The van der Waals surface area contributed by atoms with Crippen molar-refractivity contribution in [1.82, 2.24) is 10.2 Å². The van der Waals surface area contributed by atoms with Gasteiger partial charge in [-0.05, 0) is 48.2 Å². The summed E-state index contributed by atoms with van der Waals surface area (Å²) in [5, 5.41) is 3.68. The van der Waals surface area contributed by atoms with Crippen molar-refractivity contribution in [1.29, 1.82) is 0 Å². The van der Waals surface area contributed by atoms with Gasteiger partial charge in [0.05, 0.1) is 12.9 Å². The number of unbranched alkanes of at least 4 members (excludes halogenated alkanes) is 1. The SMILES string of the molecule is CCCCNC(=O)C(CC)N(Cc1cccc(OC)c1)C(=O)CSCc1ccc(Cl)cc1. The van der Waals surface area contributed by atoms with Crippen LogP contribution in [-0.4, -0.2) is 42.2 Å². The summed E-state index contributed by atoms with van der Waals surface area (Å²) in [7, 11) is 1.62. The molecule has 5 nitrogen and oxygen atoms in total. The Morgan fingerprint density at radius 2 is 1.88 bits per heavy atom. The van der Waals surface area contributed by atoms with Crippen LogP contribution >= 0.6 is 23.4 Å². The molecule has 0 fully saturated rings. The van der Waals surface area contributed by atoms with E-state index in [1.54, 1.807) is 12.0 Å². The lowest BCUT2D eigenvalue weighted by Gasteiger charge is -2.30. The van der Waals surface area contributed by atoms with Gasteiger partial charge >= 0.3 is 0 Å². The van der Waals surface area contributed by atoms with Crippen LogP contribution in [0.1, 0.15) is 44.2 Å². The molecule has 2 rings (SSSR count). The molecule has 0 heterocycles. The Balaban J connectivity index is 2.12. The molecule has 0 aliphatic heterocycles. The average Bonchev–Trinajstić information content (AvgIpc) is 2.80. The zero-order chi connectivity index (χ0) is 23.3. The minimum Gasteiger partial charge on any atom is -0.497 e. The molecule has 1 unspecified atom stereocenters. The van der Waals surface area contributed by atoms with Crippen molar-refractivity contribution in [3.63, 3.8) is 0 Å². The molecule has 0 saturated carbocycles. The molecule has 0 saturated heterocycles. The summed E-state index contributed by atoms with van der Waals surface area (Å²) in [4.78, 5) is 27.8. The first-order chi connectivity index (χ1) is 15.5. The van der Waals surface area contributed by atoms with E-state index in [9.17, 15) is 9.59 Å². The summed E-state index contributed by atoms with van der Waals surface area (Å²) in [6.07, 6.45) is 2.48. The van der Waals surface area contributed by atoms with E-state index >= 15 is 0 Å². The van der Waals surface area contributed by atoms with Gasteiger partial charge in [-0.25, -0.2) is 0 Å². The number of hydrogen-bond acceptors (Lipinski definition) is 4. The van der Waals surface area contributed by atoms with Crippen LogP contribution in [0.2, 0.25) is 5.02 Å². The van der Waals surface area contributed by atoms with Gasteiger partial charge in [-0.3, -0.25) is 9.59 Å². The van der Waals surface area contributed by atoms with Gasteiger partial charge in [-0.15, -0.1) is 11.8 Å². The fraction of sp³-hybridized carbons (Fsp3) is 0.440. The molecule has 0 radical (unpaired) electrons. The summed E-state index contributed by atoms with van der Waals surface area (Å²) in [6, 6.07) is 14.7. The van der Waals surface area contributed by atoms with E-state index in [1.807, 2.05) is 55.5 Å². The zero-order valence-corrected chi connectivity index (χ0v) is 20.7. The molecule has 0 aliphatic rings. The van der Waals surface area contributed by atoms with Crippen LogP contribution in [-0.2, 0) is 21.9 Å². The number of carbonyl (C=O) groups is 2. The van der Waals surface area contributed by atoms with Crippen LogP contribution < -0.4 is 10.1 Å². The van der Waals surface area contributed by atoms with E-state index in [1.165, 1.54) is 11.8 Å². The van der Waals surface area contributed by atoms with Crippen molar-refractivity contribution >= 4 is 35.2 Å². The van der Waals surface area contributed by atoms with Gasteiger partial charge in [0.1, 0.15) is 11.8 Å². The maximum atomic E-state index is 13.3. The Bertz CT molecular complexity index is 861. The van der Waals surface area contributed by atoms with Gasteiger partial charge in [0.2, 0.25) is 11.8 Å². The Kier molecular flexibility index (Phi) is 11.5. The highest BCUT2D eigenvalue weighted by atomic mass is 35.5. The Morgan fingerprint density at radius 1 is 1.12 bits per heavy atom. The smallest absolute Gasteiger partial charge is 0.242 e. The van der Waals surface area contributed by atoms with Crippen molar-refractivity contribution in [3.8, 4) is 5.75 Å². The molecule has 0 bridgehead atoms. The Labute approximate surface area is 200 Å². The molecule has 0 aromatic heterocycles. The summed E-state index contributed by atoms with van der Waals surface area (Å²) in [5.74, 6) is 1.58. The second kappa shape index (κ2) is 14.1. The second-order valence-corrected chi connectivity index (χ2v) is 8.98. The number of methoxy groups -OCH3 is 1. The number of hydrogen-bond donors (Lipinski definition) is 1. The van der Waals surface area contributed by atoms with Crippen LogP contribution in [0.25, 0.3) is 0 Å².